The molecule has 0 saturated carbocycles. The van der Waals surface area contributed by atoms with Crippen molar-refractivity contribution in [2.24, 2.45) is 0 Å². The van der Waals surface area contributed by atoms with E-state index < -0.39 is 53.2 Å². The molecule has 1 aliphatic rings. The van der Waals surface area contributed by atoms with Crippen molar-refractivity contribution in [3.8, 4) is 0 Å². The third-order valence-corrected chi connectivity index (χ3v) is 3.75. The van der Waals surface area contributed by atoms with Gasteiger partial charge >= 0.3 is 0 Å². The molecular weight excluding hydrogens is 288 g/mol. The van der Waals surface area contributed by atoms with Crippen LogP contribution in [0.3, 0.4) is 0 Å². The third-order valence-electron chi connectivity index (χ3n) is 3.75. The molecule has 120 valence electrons. The maximum atomic E-state index is 11.8. The SMILES string of the molecule is CC(=O)C(O)[C@H]1O[C@H](O)[C@H](O)[C@](O)(C(C)=O)[C@]1(O)C(C)=O. The Bertz CT molecular complexity index is 475. The first kappa shape index (κ1) is 17.8. The van der Waals surface area contributed by atoms with Gasteiger partial charge < -0.3 is 30.3 Å². The summed E-state index contributed by atoms with van der Waals surface area (Å²) < 4.78 is 4.70. The van der Waals surface area contributed by atoms with Gasteiger partial charge in [0.25, 0.3) is 0 Å². The molecule has 0 spiro atoms. The zero-order chi connectivity index (χ0) is 16.7. The zero-order valence-electron chi connectivity index (χ0n) is 11.7. The average Bonchev–Trinajstić information content (AvgIpc) is 2.38. The first-order valence-electron chi connectivity index (χ1n) is 6.09. The topological polar surface area (TPSA) is 162 Å². The van der Waals surface area contributed by atoms with Gasteiger partial charge in [0, 0.05) is 0 Å². The van der Waals surface area contributed by atoms with E-state index in [0.717, 1.165) is 20.8 Å². The largest absolute Gasteiger partial charge is 0.384 e. The second-order valence-electron chi connectivity index (χ2n) is 5.09. The molecule has 1 unspecified atom stereocenters. The van der Waals surface area contributed by atoms with Gasteiger partial charge in [0.15, 0.2) is 34.8 Å². The van der Waals surface area contributed by atoms with Crippen LogP contribution in [0.4, 0.5) is 0 Å². The second kappa shape index (κ2) is 5.52. The van der Waals surface area contributed by atoms with Crippen molar-refractivity contribution in [3.05, 3.63) is 0 Å². The molecule has 5 N–H and O–H groups in total. The zero-order valence-corrected chi connectivity index (χ0v) is 11.7. The van der Waals surface area contributed by atoms with Gasteiger partial charge in [-0.05, 0) is 20.8 Å². The lowest BCUT2D eigenvalue weighted by molar-refractivity contribution is -0.340. The fourth-order valence-corrected chi connectivity index (χ4v) is 2.43. The van der Waals surface area contributed by atoms with Crippen LogP contribution in [-0.2, 0) is 19.1 Å². The quantitative estimate of drug-likeness (QED) is 0.357. The van der Waals surface area contributed by atoms with Gasteiger partial charge in [0.1, 0.15) is 18.3 Å². The summed E-state index contributed by atoms with van der Waals surface area (Å²) in [7, 11) is 0. The van der Waals surface area contributed by atoms with Crippen LogP contribution in [0.25, 0.3) is 0 Å². The number of hydrogen-bond donors (Lipinski definition) is 5. The Morgan fingerprint density at radius 2 is 1.43 bits per heavy atom. The fraction of sp³-hybridized carbons (Fsp3) is 0.750. The standard InChI is InChI=1S/C12H18O9/c1-4(13)7(16)9-12(20,6(3)15)11(19,5(2)14)8(17)10(18)21-9/h7-10,16-20H,1-3H3/t7?,8-,9+,10-,11+,12-/m0/s1. The van der Waals surface area contributed by atoms with Crippen LogP contribution >= 0.6 is 0 Å². The van der Waals surface area contributed by atoms with Gasteiger partial charge in [-0.1, -0.05) is 0 Å². The Morgan fingerprint density at radius 3 is 1.76 bits per heavy atom. The van der Waals surface area contributed by atoms with Crippen molar-refractivity contribution in [1.82, 2.24) is 0 Å². The lowest BCUT2D eigenvalue weighted by atomic mass is 9.67. The highest BCUT2D eigenvalue weighted by molar-refractivity contribution is 5.99. The summed E-state index contributed by atoms with van der Waals surface area (Å²) in [5.74, 6) is -3.40. The monoisotopic (exact) mass is 306 g/mol. The van der Waals surface area contributed by atoms with Gasteiger partial charge in [0.05, 0.1) is 0 Å². The summed E-state index contributed by atoms with van der Waals surface area (Å²) in [6, 6.07) is 0. The van der Waals surface area contributed by atoms with Crippen LogP contribution in [0.15, 0.2) is 0 Å². The van der Waals surface area contributed by atoms with Crippen LogP contribution in [0.1, 0.15) is 20.8 Å². The molecule has 0 radical (unpaired) electrons. The number of aliphatic hydroxyl groups excluding tert-OH is 3. The van der Waals surface area contributed by atoms with E-state index in [-0.39, 0.29) is 0 Å². The highest BCUT2D eigenvalue weighted by Gasteiger charge is 2.71. The Kier molecular flexibility index (Phi) is 4.68. The van der Waals surface area contributed by atoms with Crippen molar-refractivity contribution in [3.63, 3.8) is 0 Å². The van der Waals surface area contributed by atoms with Crippen LogP contribution in [0, 0.1) is 0 Å². The number of Topliss-reactive ketones (excluding diaryl/α,β-unsaturated/α-hetero) is 3. The first-order chi connectivity index (χ1) is 9.42. The van der Waals surface area contributed by atoms with E-state index in [4.69, 9.17) is 4.74 Å². The number of carbonyl (C=O) groups is 3. The molecule has 1 heterocycles. The van der Waals surface area contributed by atoms with Crippen molar-refractivity contribution in [2.75, 3.05) is 0 Å². The molecule has 0 aromatic rings. The molecule has 0 aromatic heterocycles. The number of rotatable bonds is 4. The van der Waals surface area contributed by atoms with Gasteiger partial charge in [-0.15, -0.1) is 0 Å². The molecule has 0 amide bonds. The predicted octanol–water partition coefficient (Wildman–Crippen LogP) is -3.35. The third kappa shape index (κ3) is 2.31. The van der Waals surface area contributed by atoms with Gasteiger partial charge in [-0.3, -0.25) is 14.4 Å². The highest BCUT2D eigenvalue weighted by atomic mass is 16.6. The maximum absolute atomic E-state index is 11.8. The Balaban J connectivity index is 3.57. The molecule has 1 saturated heterocycles. The molecule has 6 atom stereocenters. The van der Waals surface area contributed by atoms with Crippen molar-refractivity contribution in [1.29, 1.82) is 0 Å². The Hall–Kier alpha value is -1.23. The molecule has 0 bridgehead atoms. The highest BCUT2D eigenvalue weighted by Crippen LogP contribution is 2.40. The predicted molar refractivity (Wildman–Crippen MR) is 64.8 cm³/mol. The summed E-state index contributed by atoms with van der Waals surface area (Å²) in [6.07, 6.45) is -8.77. The van der Waals surface area contributed by atoms with E-state index in [1.165, 1.54) is 0 Å². The number of hydrogen-bond acceptors (Lipinski definition) is 9. The van der Waals surface area contributed by atoms with E-state index in [1.807, 2.05) is 0 Å². The number of carbonyl (C=O) groups excluding carboxylic acids is 3. The smallest absolute Gasteiger partial charge is 0.192 e. The van der Waals surface area contributed by atoms with Crippen LogP contribution < -0.4 is 0 Å². The molecule has 1 aliphatic heterocycles. The molecule has 1 fully saturated rings. The lowest BCUT2D eigenvalue weighted by Crippen LogP contribution is -2.81. The van der Waals surface area contributed by atoms with E-state index in [2.05, 4.69) is 0 Å². The number of ketones is 3. The van der Waals surface area contributed by atoms with Crippen molar-refractivity contribution in [2.45, 2.75) is 56.6 Å². The lowest BCUT2D eigenvalue weighted by Gasteiger charge is -2.52. The van der Waals surface area contributed by atoms with E-state index in [1.54, 1.807) is 0 Å². The maximum Gasteiger partial charge on any atom is 0.192 e. The molecule has 0 aliphatic carbocycles. The molecule has 9 heteroatoms. The first-order valence-corrected chi connectivity index (χ1v) is 6.09. The van der Waals surface area contributed by atoms with E-state index in [9.17, 15) is 39.9 Å². The molecule has 0 aromatic carbocycles. The van der Waals surface area contributed by atoms with Crippen LogP contribution in [0.2, 0.25) is 0 Å². The Labute approximate surface area is 119 Å². The molecule has 1 rings (SSSR count). The summed E-state index contributed by atoms with van der Waals surface area (Å²) >= 11 is 0. The van der Waals surface area contributed by atoms with E-state index >= 15 is 0 Å². The van der Waals surface area contributed by atoms with Crippen LogP contribution in [-0.4, -0.2) is 78.7 Å². The Morgan fingerprint density at radius 1 is 1.00 bits per heavy atom. The van der Waals surface area contributed by atoms with Gasteiger partial charge in [-0.25, -0.2) is 0 Å². The van der Waals surface area contributed by atoms with Crippen molar-refractivity contribution < 1.29 is 44.7 Å². The fourth-order valence-electron chi connectivity index (χ4n) is 2.43. The molecule has 9 nitrogen and oxygen atoms in total. The van der Waals surface area contributed by atoms with Crippen molar-refractivity contribution >= 4 is 17.3 Å². The van der Waals surface area contributed by atoms with Gasteiger partial charge in [0.2, 0.25) is 0 Å². The average molecular weight is 306 g/mol. The summed E-state index contributed by atoms with van der Waals surface area (Å²) in [4.78, 5) is 34.7. The minimum Gasteiger partial charge on any atom is -0.384 e. The number of ether oxygens (including phenoxy) is 1. The minimum atomic E-state index is -3.14. The van der Waals surface area contributed by atoms with E-state index in [0.29, 0.717) is 0 Å². The summed E-state index contributed by atoms with van der Waals surface area (Å²) in [5, 5.41) is 49.9. The second-order valence-corrected chi connectivity index (χ2v) is 5.09. The molecule has 21 heavy (non-hydrogen) atoms. The van der Waals surface area contributed by atoms with Crippen LogP contribution in [0.5, 0.6) is 0 Å². The summed E-state index contributed by atoms with van der Waals surface area (Å²) in [6.45, 7) is 2.47. The number of aliphatic hydroxyl groups is 5. The molecular formula is C12H18O9. The van der Waals surface area contributed by atoms with Gasteiger partial charge in [-0.2, -0.15) is 0 Å². The normalized spacial score (nSPS) is 41.4. The minimum absolute atomic E-state index is 0.770. The summed E-state index contributed by atoms with van der Waals surface area (Å²) in [5.41, 5.74) is -6.25.